The van der Waals surface area contributed by atoms with Crippen molar-refractivity contribution < 1.29 is 13.2 Å². The van der Waals surface area contributed by atoms with Crippen LogP contribution in [0, 0.1) is 0 Å². The van der Waals surface area contributed by atoms with E-state index in [1.807, 2.05) is 30.3 Å². The molecule has 0 amide bonds. The highest BCUT2D eigenvalue weighted by molar-refractivity contribution is 5.62. The van der Waals surface area contributed by atoms with E-state index in [4.69, 9.17) is 5.73 Å². The highest BCUT2D eigenvalue weighted by Gasteiger charge is 2.31. The van der Waals surface area contributed by atoms with Gasteiger partial charge in [0.2, 0.25) is 0 Å². The summed E-state index contributed by atoms with van der Waals surface area (Å²) in [4.78, 5) is 3.55. The molecule has 0 atom stereocenters. The fourth-order valence-corrected chi connectivity index (χ4v) is 1.57. The zero-order valence-electron chi connectivity index (χ0n) is 9.91. The van der Waals surface area contributed by atoms with E-state index in [9.17, 15) is 13.2 Å². The van der Waals surface area contributed by atoms with E-state index in [2.05, 4.69) is 10.3 Å². The number of nitrogen functional groups attached to an aromatic ring is 1. The molecule has 0 bridgehead atoms. The molecule has 1 aromatic heterocycles. The third-order valence-corrected chi connectivity index (χ3v) is 2.57. The van der Waals surface area contributed by atoms with Gasteiger partial charge in [0.1, 0.15) is 5.82 Å². The van der Waals surface area contributed by atoms with Crippen molar-refractivity contribution in [3.8, 4) is 0 Å². The molecule has 3 N–H and O–H groups in total. The first kappa shape index (κ1) is 13.2. The van der Waals surface area contributed by atoms with Crippen LogP contribution in [0.3, 0.4) is 0 Å². The average Bonchev–Trinajstić information content (AvgIpc) is 2.37. The molecule has 2 aromatic rings. The van der Waals surface area contributed by atoms with Crippen LogP contribution in [0.1, 0.15) is 11.1 Å². The number of benzene rings is 1. The van der Waals surface area contributed by atoms with Crippen LogP contribution in [-0.4, -0.2) is 4.98 Å². The third kappa shape index (κ3) is 3.37. The van der Waals surface area contributed by atoms with Crippen molar-refractivity contribution in [1.29, 1.82) is 0 Å². The van der Waals surface area contributed by atoms with Gasteiger partial charge in [-0.15, -0.1) is 0 Å². The molecule has 1 aromatic carbocycles. The standard InChI is InChI=1S/C13H12F3N3/c14-13(15,16)10-6-11(12(17)19-8-10)18-7-9-4-2-1-3-5-9/h1-6,8,18H,7H2,(H2,17,19). The molecule has 1 heterocycles. The van der Waals surface area contributed by atoms with Crippen LogP contribution in [0.15, 0.2) is 42.6 Å². The molecule has 0 saturated carbocycles. The van der Waals surface area contributed by atoms with Gasteiger partial charge in [-0.3, -0.25) is 0 Å². The van der Waals surface area contributed by atoms with Gasteiger partial charge in [-0.2, -0.15) is 13.2 Å². The maximum Gasteiger partial charge on any atom is 0.417 e. The molecular formula is C13H12F3N3. The predicted octanol–water partition coefficient (Wildman–Crippen LogP) is 3.29. The summed E-state index contributed by atoms with van der Waals surface area (Å²) >= 11 is 0. The van der Waals surface area contributed by atoms with Crippen LogP contribution in [0.25, 0.3) is 0 Å². The molecule has 0 spiro atoms. The number of rotatable bonds is 3. The molecule has 100 valence electrons. The van der Waals surface area contributed by atoms with Crippen LogP contribution < -0.4 is 11.1 Å². The van der Waals surface area contributed by atoms with E-state index >= 15 is 0 Å². The maximum absolute atomic E-state index is 12.6. The minimum atomic E-state index is -4.43. The van der Waals surface area contributed by atoms with Gasteiger partial charge in [0, 0.05) is 12.7 Å². The number of pyridine rings is 1. The summed E-state index contributed by atoms with van der Waals surface area (Å²) in [5.41, 5.74) is 5.86. The normalized spacial score (nSPS) is 11.3. The van der Waals surface area contributed by atoms with Crippen LogP contribution >= 0.6 is 0 Å². The molecule has 0 aliphatic carbocycles. The predicted molar refractivity (Wildman–Crippen MR) is 67.4 cm³/mol. The van der Waals surface area contributed by atoms with Crippen molar-refractivity contribution in [2.75, 3.05) is 11.1 Å². The fraction of sp³-hybridized carbons (Fsp3) is 0.154. The lowest BCUT2D eigenvalue weighted by atomic mass is 10.2. The minimum Gasteiger partial charge on any atom is -0.382 e. The number of nitrogens with zero attached hydrogens (tertiary/aromatic N) is 1. The number of aromatic nitrogens is 1. The number of nitrogens with two attached hydrogens (primary N) is 1. The quantitative estimate of drug-likeness (QED) is 0.897. The van der Waals surface area contributed by atoms with Crippen molar-refractivity contribution in [2.45, 2.75) is 12.7 Å². The van der Waals surface area contributed by atoms with E-state index in [0.717, 1.165) is 17.8 Å². The molecule has 0 fully saturated rings. The van der Waals surface area contributed by atoms with Gasteiger partial charge in [-0.05, 0) is 11.6 Å². The van der Waals surface area contributed by atoms with Gasteiger partial charge in [0.05, 0.1) is 11.3 Å². The Morgan fingerprint density at radius 1 is 1.16 bits per heavy atom. The number of hydrogen-bond donors (Lipinski definition) is 2. The summed E-state index contributed by atoms with van der Waals surface area (Å²) in [5.74, 6) is 0.0453. The molecule has 2 rings (SSSR count). The average molecular weight is 267 g/mol. The summed E-state index contributed by atoms with van der Waals surface area (Å²) in [7, 11) is 0. The summed E-state index contributed by atoms with van der Waals surface area (Å²) in [5, 5.41) is 2.85. The van der Waals surface area contributed by atoms with Crippen LogP contribution in [-0.2, 0) is 12.7 Å². The Bertz CT molecular complexity index is 553. The van der Waals surface area contributed by atoms with Crippen molar-refractivity contribution >= 4 is 11.5 Å². The molecule has 0 saturated heterocycles. The Labute approximate surface area is 108 Å². The first-order chi connectivity index (χ1) is 8.97. The Morgan fingerprint density at radius 3 is 2.47 bits per heavy atom. The van der Waals surface area contributed by atoms with Gasteiger partial charge < -0.3 is 11.1 Å². The van der Waals surface area contributed by atoms with Gasteiger partial charge in [0.15, 0.2) is 0 Å². The van der Waals surface area contributed by atoms with E-state index in [1.165, 1.54) is 0 Å². The van der Waals surface area contributed by atoms with Gasteiger partial charge in [-0.25, -0.2) is 4.98 Å². The molecule has 0 unspecified atom stereocenters. The Hall–Kier alpha value is -2.24. The lowest BCUT2D eigenvalue weighted by molar-refractivity contribution is -0.137. The second-order valence-corrected chi connectivity index (χ2v) is 3.99. The number of hydrogen-bond acceptors (Lipinski definition) is 3. The lowest BCUT2D eigenvalue weighted by Crippen LogP contribution is -2.09. The second kappa shape index (κ2) is 5.17. The van der Waals surface area contributed by atoms with Crippen molar-refractivity contribution in [1.82, 2.24) is 4.98 Å². The molecule has 0 aliphatic rings. The summed E-state index contributed by atoms with van der Waals surface area (Å²) < 4.78 is 37.7. The zero-order chi connectivity index (χ0) is 13.9. The molecular weight excluding hydrogens is 255 g/mol. The minimum absolute atomic E-state index is 0.0453. The first-order valence-corrected chi connectivity index (χ1v) is 5.57. The second-order valence-electron chi connectivity index (χ2n) is 3.99. The SMILES string of the molecule is Nc1ncc(C(F)(F)F)cc1NCc1ccccc1. The van der Waals surface area contributed by atoms with Crippen molar-refractivity contribution in [3.63, 3.8) is 0 Å². The molecule has 3 nitrogen and oxygen atoms in total. The summed E-state index contributed by atoms with van der Waals surface area (Å²) in [6.45, 7) is 0.383. The Balaban J connectivity index is 2.16. The van der Waals surface area contributed by atoms with E-state index in [0.29, 0.717) is 6.54 Å². The smallest absolute Gasteiger partial charge is 0.382 e. The summed E-state index contributed by atoms with van der Waals surface area (Å²) in [6.07, 6.45) is -3.70. The lowest BCUT2D eigenvalue weighted by Gasteiger charge is -2.12. The molecule has 0 aliphatic heterocycles. The number of halogens is 3. The van der Waals surface area contributed by atoms with E-state index in [-0.39, 0.29) is 11.5 Å². The molecule has 6 heteroatoms. The van der Waals surface area contributed by atoms with Crippen LogP contribution in [0.4, 0.5) is 24.7 Å². The van der Waals surface area contributed by atoms with Crippen LogP contribution in [0.5, 0.6) is 0 Å². The monoisotopic (exact) mass is 267 g/mol. The van der Waals surface area contributed by atoms with Gasteiger partial charge in [-0.1, -0.05) is 30.3 Å². The zero-order valence-corrected chi connectivity index (χ0v) is 9.91. The molecule has 19 heavy (non-hydrogen) atoms. The van der Waals surface area contributed by atoms with Crippen molar-refractivity contribution in [2.24, 2.45) is 0 Å². The number of nitrogens with one attached hydrogen (secondary N) is 1. The number of anilines is 2. The van der Waals surface area contributed by atoms with Crippen molar-refractivity contribution in [3.05, 3.63) is 53.7 Å². The fourth-order valence-electron chi connectivity index (χ4n) is 1.57. The Kier molecular flexibility index (Phi) is 3.59. The highest BCUT2D eigenvalue weighted by Crippen LogP contribution is 2.31. The highest BCUT2D eigenvalue weighted by atomic mass is 19.4. The maximum atomic E-state index is 12.6. The van der Waals surface area contributed by atoms with Gasteiger partial charge >= 0.3 is 6.18 Å². The van der Waals surface area contributed by atoms with Gasteiger partial charge in [0.25, 0.3) is 0 Å². The Morgan fingerprint density at radius 2 is 1.84 bits per heavy atom. The van der Waals surface area contributed by atoms with E-state index < -0.39 is 11.7 Å². The molecule has 0 radical (unpaired) electrons. The van der Waals surface area contributed by atoms with E-state index in [1.54, 1.807) is 0 Å². The number of alkyl halides is 3. The van der Waals surface area contributed by atoms with Crippen LogP contribution in [0.2, 0.25) is 0 Å². The largest absolute Gasteiger partial charge is 0.417 e. The first-order valence-electron chi connectivity index (χ1n) is 5.57. The topological polar surface area (TPSA) is 50.9 Å². The summed E-state index contributed by atoms with van der Waals surface area (Å²) in [6, 6.07) is 10.3. The third-order valence-electron chi connectivity index (χ3n) is 2.57.